The maximum Gasteiger partial charge on any atom is 0.410 e. The van der Waals surface area contributed by atoms with Crippen molar-refractivity contribution < 1.29 is 33.0 Å². The molecule has 2 aliphatic rings. The number of likely N-dealkylation sites (tertiary alicyclic amines) is 1. The first kappa shape index (κ1) is 34.3. The van der Waals surface area contributed by atoms with Gasteiger partial charge in [0.2, 0.25) is 5.78 Å². The Kier molecular flexibility index (Phi) is 8.27. The second kappa shape index (κ2) is 12.5. The molecule has 2 aromatic heterocycles. The summed E-state index contributed by atoms with van der Waals surface area (Å²) in [6.45, 7) is 9.47. The van der Waals surface area contributed by atoms with E-state index >= 15 is 0 Å². The number of benzene rings is 3. The van der Waals surface area contributed by atoms with Crippen molar-refractivity contribution >= 4 is 46.2 Å². The normalized spacial score (nSPS) is 15.7. The number of hydrogen-bond donors (Lipinski definition) is 3. The summed E-state index contributed by atoms with van der Waals surface area (Å²) in [5, 5.41) is 7.95. The monoisotopic (exact) mass is 707 g/mol. The van der Waals surface area contributed by atoms with E-state index in [1.54, 1.807) is 88.0 Å². The zero-order valence-electron chi connectivity index (χ0n) is 29.4. The van der Waals surface area contributed by atoms with Gasteiger partial charge in [-0.25, -0.2) is 23.6 Å². The molecule has 2 saturated heterocycles. The molecule has 0 unspecified atom stereocenters. The van der Waals surface area contributed by atoms with Crippen LogP contribution in [0.1, 0.15) is 60.8 Å². The Morgan fingerprint density at radius 2 is 1.69 bits per heavy atom. The molecular formula is C38H38FN7O6. The van der Waals surface area contributed by atoms with E-state index in [4.69, 9.17) is 15.2 Å². The molecule has 1 spiro atoms. The quantitative estimate of drug-likeness (QED) is 0.132. The van der Waals surface area contributed by atoms with Crippen LogP contribution in [0.3, 0.4) is 0 Å². The second-order valence-electron chi connectivity index (χ2n) is 14.2. The molecule has 4 N–H and O–H groups in total. The number of hydrogen-bond acceptors (Lipinski definition) is 8. The lowest BCUT2D eigenvalue weighted by Gasteiger charge is -2.37. The number of carbonyl (C=O) groups is 4. The lowest BCUT2D eigenvalue weighted by molar-refractivity contribution is -0.123. The molecule has 0 bridgehead atoms. The number of carbonyl (C=O) groups excluding carboxylic acids is 4. The number of ketones is 1. The molecule has 0 saturated carbocycles. The third-order valence-electron chi connectivity index (χ3n) is 9.36. The average Bonchev–Trinajstić information content (AvgIpc) is 3.75. The average molecular weight is 708 g/mol. The number of urea groups is 1. The number of aromatic amines is 1. The molecule has 13 nitrogen and oxygen atoms in total. The summed E-state index contributed by atoms with van der Waals surface area (Å²) >= 11 is 0. The predicted molar refractivity (Wildman–Crippen MR) is 191 cm³/mol. The van der Waals surface area contributed by atoms with E-state index < -0.39 is 40.8 Å². The molecule has 2 fully saturated rings. The van der Waals surface area contributed by atoms with Gasteiger partial charge in [-0.3, -0.25) is 9.59 Å². The number of fused-ring (bicyclic) bond motifs is 1. The summed E-state index contributed by atoms with van der Waals surface area (Å²) in [6, 6.07) is 15.9. The van der Waals surface area contributed by atoms with Crippen LogP contribution in [0, 0.1) is 19.7 Å². The molecule has 4 heterocycles. The number of imide groups is 1. The van der Waals surface area contributed by atoms with E-state index in [2.05, 4.69) is 15.4 Å². The fourth-order valence-corrected chi connectivity index (χ4v) is 6.63. The van der Waals surface area contributed by atoms with Crippen LogP contribution in [0.4, 0.5) is 25.5 Å². The Labute approximate surface area is 298 Å². The van der Waals surface area contributed by atoms with E-state index in [-0.39, 0.29) is 48.8 Å². The van der Waals surface area contributed by atoms with Gasteiger partial charge < -0.3 is 30.4 Å². The summed E-state index contributed by atoms with van der Waals surface area (Å²) in [6.07, 6.45) is 1.42. The van der Waals surface area contributed by atoms with Gasteiger partial charge in [-0.05, 0) is 107 Å². The fourth-order valence-electron chi connectivity index (χ4n) is 6.63. The van der Waals surface area contributed by atoms with Crippen LogP contribution in [0.15, 0.2) is 66.9 Å². The molecule has 4 amide bonds. The minimum Gasteiger partial charge on any atom is -0.454 e. The summed E-state index contributed by atoms with van der Waals surface area (Å²) < 4.78 is 26.8. The van der Waals surface area contributed by atoms with Crippen molar-refractivity contribution in [3.63, 3.8) is 0 Å². The molecule has 268 valence electrons. The lowest BCUT2D eigenvalue weighted by atomic mass is 9.87. The zero-order chi connectivity index (χ0) is 37.1. The van der Waals surface area contributed by atoms with Crippen LogP contribution in [0.25, 0.3) is 16.6 Å². The number of aromatic nitrogens is 3. The number of nitrogens with zero attached hydrogens (tertiary/aromatic N) is 4. The van der Waals surface area contributed by atoms with E-state index in [0.29, 0.717) is 39.2 Å². The number of nitrogens with two attached hydrogens (primary N) is 1. The minimum atomic E-state index is -1.14. The van der Waals surface area contributed by atoms with Crippen LogP contribution < -0.4 is 20.7 Å². The van der Waals surface area contributed by atoms with Gasteiger partial charge in [0.1, 0.15) is 22.7 Å². The number of amides is 4. The molecule has 52 heavy (non-hydrogen) atoms. The molecule has 3 aromatic carbocycles. The van der Waals surface area contributed by atoms with E-state index in [9.17, 15) is 23.6 Å². The Balaban J connectivity index is 1.09. The first-order chi connectivity index (χ1) is 24.6. The highest BCUT2D eigenvalue weighted by molar-refractivity contribution is 6.24. The summed E-state index contributed by atoms with van der Waals surface area (Å²) in [5.41, 5.74) is 7.92. The molecule has 5 aromatic rings. The second-order valence-corrected chi connectivity index (χ2v) is 14.2. The van der Waals surface area contributed by atoms with Crippen molar-refractivity contribution in [2.45, 2.75) is 58.6 Å². The number of ether oxygens (including phenoxy) is 2. The Morgan fingerprint density at radius 3 is 2.38 bits per heavy atom. The number of anilines is 2. The predicted octanol–water partition coefficient (Wildman–Crippen LogP) is 6.54. The van der Waals surface area contributed by atoms with Crippen LogP contribution >= 0.6 is 0 Å². The molecule has 14 heteroatoms. The molecule has 0 aliphatic carbocycles. The van der Waals surface area contributed by atoms with Gasteiger partial charge in [-0.1, -0.05) is 12.1 Å². The maximum absolute atomic E-state index is 14.1. The number of piperidine rings is 1. The number of nitrogens with one attached hydrogen (secondary N) is 2. The largest absolute Gasteiger partial charge is 0.454 e. The first-order valence-corrected chi connectivity index (χ1v) is 16.8. The molecule has 0 radical (unpaired) electrons. The maximum atomic E-state index is 14.1. The van der Waals surface area contributed by atoms with Gasteiger partial charge in [0.05, 0.1) is 28.8 Å². The molecule has 0 atom stereocenters. The smallest absolute Gasteiger partial charge is 0.410 e. The van der Waals surface area contributed by atoms with Crippen molar-refractivity contribution in [2.24, 2.45) is 0 Å². The van der Waals surface area contributed by atoms with Crippen LogP contribution in [0.2, 0.25) is 0 Å². The molecule has 2 aliphatic heterocycles. The fraction of sp³-hybridized carbons (Fsp3) is 0.289. The summed E-state index contributed by atoms with van der Waals surface area (Å²) in [4.78, 5) is 59.3. The van der Waals surface area contributed by atoms with Gasteiger partial charge in [-0.15, -0.1) is 0 Å². The SMILES string of the molecule is Cc1cc(-n2ncc(C(=O)c3cc4cc(C)c(N5C(=O)NC6(CCN(C(=O)OC(C)(C)C)CC6)C5=O)cc4[nH]3)c2N)ccc1Oc1ccccc1F. The highest BCUT2D eigenvalue weighted by Crippen LogP contribution is 2.37. The van der Waals surface area contributed by atoms with Crippen LogP contribution in [-0.4, -0.2) is 67.7 Å². The number of halogens is 1. The van der Waals surface area contributed by atoms with Crippen LogP contribution in [0.5, 0.6) is 11.5 Å². The topological polar surface area (TPSA) is 165 Å². The number of para-hydroxylation sites is 1. The third kappa shape index (κ3) is 6.09. The van der Waals surface area contributed by atoms with Crippen molar-refractivity contribution in [1.82, 2.24) is 25.0 Å². The number of aryl methyl sites for hydroxylation is 2. The Bertz CT molecular complexity index is 2280. The number of rotatable bonds is 6. The summed E-state index contributed by atoms with van der Waals surface area (Å²) in [5.74, 6) is -0.608. The van der Waals surface area contributed by atoms with Crippen molar-refractivity contribution in [1.29, 1.82) is 0 Å². The third-order valence-corrected chi connectivity index (χ3v) is 9.36. The van der Waals surface area contributed by atoms with Crippen molar-refractivity contribution in [2.75, 3.05) is 23.7 Å². The molecular weight excluding hydrogens is 669 g/mol. The number of H-pyrrole nitrogens is 1. The van der Waals surface area contributed by atoms with Gasteiger partial charge >= 0.3 is 12.1 Å². The first-order valence-electron chi connectivity index (χ1n) is 16.8. The van der Waals surface area contributed by atoms with Crippen molar-refractivity contribution in [3.05, 3.63) is 95.1 Å². The van der Waals surface area contributed by atoms with Crippen molar-refractivity contribution in [3.8, 4) is 17.2 Å². The van der Waals surface area contributed by atoms with Gasteiger partial charge in [0, 0.05) is 24.0 Å². The number of nitrogen functional groups attached to an aromatic ring is 1. The van der Waals surface area contributed by atoms with Crippen LogP contribution in [-0.2, 0) is 9.53 Å². The summed E-state index contributed by atoms with van der Waals surface area (Å²) in [7, 11) is 0. The van der Waals surface area contributed by atoms with E-state index in [0.717, 1.165) is 4.90 Å². The zero-order valence-corrected chi connectivity index (χ0v) is 29.4. The highest BCUT2D eigenvalue weighted by atomic mass is 19.1. The van der Waals surface area contributed by atoms with Gasteiger partial charge in [-0.2, -0.15) is 5.10 Å². The highest BCUT2D eigenvalue weighted by Gasteiger charge is 2.53. The van der Waals surface area contributed by atoms with Gasteiger partial charge in [0.25, 0.3) is 5.91 Å². The Morgan fingerprint density at radius 1 is 0.962 bits per heavy atom. The van der Waals surface area contributed by atoms with E-state index in [1.165, 1.54) is 23.0 Å². The minimum absolute atomic E-state index is 0.0992. The lowest BCUT2D eigenvalue weighted by Crippen LogP contribution is -2.56. The van der Waals surface area contributed by atoms with E-state index in [1.807, 2.05) is 0 Å². The molecule has 7 rings (SSSR count). The standard InChI is InChI=1S/C38H38FN7O6/c1-21-16-23-18-28(32(47)25-20-41-46(33(25)40)24-10-11-30(22(2)17-24)51-31-9-7-6-8-26(31)39)42-27(23)19-29(21)45-34(48)38(43-35(45)49)12-14-44(15-13-38)36(50)52-37(3,4)5/h6-11,16-20,42H,12-15,40H2,1-5H3,(H,43,49). The van der Waals surface area contributed by atoms with Gasteiger partial charge in [0.15, 0.2) is 11.6 Å². The Hall–Kier alpha value is -6.18.